The van der Waals surface area contributed by atoms with Crippen molar-refractivity contribution in [2.45, 2.75) is 32.8 Å². The highest BCUT2D eigenvalue weighted by Gasteiger charge is 2.20. The summed E-state index contributed by atoms with van der Waals surface area (Å²) in [5.74, 6) is 1.10. The molecule has 1 heteroatoms. The van der Waals surface area contributed by atoms with Crippen LogP contribution in [0.3, 0.4) is 0 Å². The number of ether oxygens (including phenoxy) is 1. The van der Waals surface area contributed by atoms with Gasteiger partial charge in [0, 0.05) is 6.42 Å². The quantitative estimate of drug-likeness (QED) is 0.617. The van der Waals surface area contributed by atoms with Gasteiger partial charge in [-0.15, -0.1) is 0 Å². The predicted molar refractivity (Wildman–Crippen MR) is 49.6 cm³/mol. The van der Waals surface area contributed by atoms with Crippen molar-refractivity contribution in [3.05, 3.63) is 29.3 Å². The second-order valence-electron chi connectivity index (χ2n) is 3.46. The zero-order chi connectivity index (χ0) is 8.55. The number of hydrogen-bond donors (Lipinski definition) is 0. The molecule has 0 amide bonds. The van der Waals surface area contributed by atoms with Gasteiger partial charge in [0.25, 0.3) is 0 Å². The first-order valence-electron chi connectivity index (χ1n) is 4.56. The summed E-state index contributed by atoms with van der Waals surface area (Å²) in [6, 6.07) is 6.46. The summed E-state index contributed by atoms with van der Waals surface area (Å²) in [5, 5.41) is 0. The highest BCUT2D eigenvalue weighted by atomic mass is 16.5. The summed E-state index contributed by atoms with van der Waals surface area (Å²) < 4.78 is 5.74. The van der Waals surface area contributed by atoms with E-state index in [4.69, 9.17) is 4.74 Å². The Morgan fingerprint density at radius 1 is 1.50 bits per heavy atom. The van der Waals surface area contributed by atoms with Crippen LogP contribution in [0.2, 0.25) is 0 Å². The fourth-order valence-corrected chi connectivity index (χ4v) is 1.63. The van der Waals surface area contributed by atoms with Crippen LogP contribution < -0.4 is 4.74 Å². The molecule has 1 nitrogen and oxygen atoms in total. The lowest BCUT2D eigenvalue weighted by Gasteiger charge is -2.05. The molecule has 0 saturated heterocycles. The molecule has 0 saturated carbocycles. The Bertz CT molecular complexity index is 291. The minimum absolute atomic E-state index is 0.418. The molecule has 1 heterocycles. The molecule has 0 bridgehead atoms. The van der Waals surface area contributed by atoms with E-state index in [2.05, 4.69) is 32.0 Å². The Kier molecular flexibility index (Phi) is 1.80. The van der Waals surface area contributed by atoms with Gasteiger partial charge in [0.15, 0.2) is 0 Å². The molecule has 1 atom stereocenters. The first kappa shape index (κ1) is 7.66. The molecule has 64 valence electrons. The van der Waals surface area contributed by atoms with Gasteiger partial charge in [0.2, 0.25) is 0 Å². The molecule has 0 spiro atoms. The van der Waals surface area contributed by atoms with Crippen molar-refractivity contribution in [1.29, 1.82) is 0 Å². The maximum absolute atomic E-state index is 5.74. The topological polar surface area (TPSA) is 9.23 Å². The van der Waals surface area contributed by atoms with Gasteiger partial charge in [-0.1, -0.05) is 19.1 Å². The molecule has 1 unspecified atom stereocenters. The summed E-state index contributed by atoms with van der Waals surface area (Å²) in [7, 11) is 0. The van der Waals surface area contributed by atoms with E-state index in [0.717, 1.165) is 18.6 Å². The molecule has 0 fully saturated rings. The molecule has 1 aliphatic rings. The van der Waals surface area contributed by atoms with Crippen molar-refractivity contribution < 1.29 is 4.74 Å². The van der Waals surface area contributed by atoms with Gasteiger partial charge in [0.1, 0.15) is 11.9 Å². The van der Waals surface area contributed by atoms with E-state index in [1.165, 1.54) is 11.1 Å². The largest absolute Gasteiger partial charge is 0.490 e. The van der Waals surface area contributed by atoms with Crippen LogP contribution in [0, 0.1) is 6.92 Å². The molecule has 1 aliphatic heterocycles. The van der Waals surface area contributed by atoms with Gasteiger partial charge in [-0.05, 0) is 30.5 Å². The summed E-state index contributed by atoms with van der Waals surface area (Å²) in [6.45, 7) is 4.27. The number of hydrogen-bond acceptors (Lipinski definition) is 1. The lowest BCUT2D eigenvalue weighted by molar-refractivity contribution is 0.228. The fourth-order valence-electron chi connectivity index (χ4n) is 1.63. The van der Waals surface area contributed by atoms with Crippen molar-refractivity contribution in [3.8, 4) is 5.75 Å². The van der Waals surface area contributed by atoms with Crippen LogP contribution in [0.25, 0.3) is 0 Å². The first-order chi connectivity index (χ1) is 5.79. The van der Waals surface area contributed by atoms with Crippen LogP contribution in [0.5, 0.6) is 5.75 Å². The highest BCUT2D eigenvalue weighted by Crippen LogP contribution is 2.30. The maximum Gasteiger partial charge on any atom is 0.123 e. The minimum Gasteiger partial charge on any atom is -0.490 e. The van der Waals surface area contributed by atoms with E-state index in [1.807, 2.05) is 0 Å². The zero-order valence-electron chi connectivity index (χ0n) is 7.63. The third-order valence-corrected chi connectivity index (χ3v) is 2.42. The SMILES string of the molecule is CCC1Cc2ccc(C)cc2O1. The van der Waals surface area contributed by atoms with Crippen LogP contribution >= 0.6 is 0 Å². The smallest absolute Gasteiger partial charge is 0.123 e. The van der Waals surface area contributed by atoms with Crippen LogP contribution in [-0.4, -0.2) is 6.10 Å². The summed E-state index contributed by atoms with van der Waals surface area (Å²) in [6.07, 6.45) is 2.61. The molecule has 12 heavy (non-hydrogen) atoms. The number of rotatable bonds is 1. The normalized spacial score (nSPS) is 20.3. The van der Waals surface area contributed by atoms with E-state index in [9.17, 15) is 0 Å². The lowest BCUT2D eigenvalue weighted by Crippen LogP contribution is -2.10. The fraction of sp³-hybridized carbons (Fsp3) is 0.455. The van der Waals surface area contributed by atoms with E-state index < -0.39 is 0 Å². The van der Waals surface area contributed by atoms with E-state index >= 15 is 0 Å². The van der Waals surface area contributed by atoms with Gasteiger partial charge < -0.3 is 4.74 Å². The molecular formula is C11H14O. The number of benzene rings is 1. The molecule has 1 aromatic carbocycles. The van der Waals surface area contributed by atoms with Gasteiger partial charge in [0.05, 0.1) is 0 Å². The average molecular weight is 162 g/mol. The molecular weight excluding hydrogens is 148 g/mol. The highest BCUT2D eigenvalue weighted by molar-refractivity contribution is 5.40. The second kappa shape index (κ2) is 2.81. The Morgan fingerprint density at radius 2 is 2.33 bits per heavy atom. The third kappa shape index (κ3) is 1.20. The van der Waals surface area contributed by atoms with Crippen LogP contribution in [0.4, 0.5) is 0 Å². The zero-order valence-corrected chi connectivity index (χ0v) is 7.63. The second-order valence-corrected chi connectivity index (χ2v) is 3.46. The molecule has 0 aliphatic carbocycles. The van der Waals surface area contributed by atoms with Gasteiger partial charge in [-0.3, -0.25) is 0 Å². The minimum atomic E-state index is 0.418. The Balaban J connectivity index is 2.30. The molecule has 2 rings (SSSR count). The van der Waals surface area contributed by atoms with Crippen molar-refractivity contribution >= 4 is 0 Å². The first-order valence-corrected chi connectivity index (χ1v) is 4.56. The van der Waals surface area contributed by atoms with Crippen LogP contribution in [0.1, 0.15) is 24.5 Å². The maximum atomic E-state index is 5.74. The van der Waals surface area contributed by atoms with Crippen molar-refractivity contribution in [2.24, 2.45) is 0 Å². The van der Waals surface area contributed by atoms with Crippen molar-refractivity contribution in [2.75, 3.05) is 0 Å². The van der Waals surface area contributed by atoms with E-state index in [0.29, 0.717) is 6.10 Å². The molecule has 1 aromatic rings. The molecule has 0 radical (unpaired) electrons. The average Bonchev–Trinajstić information content (AvgIpc) is 2.46. The molecule has 0 N–H and O–H groups in total. The summed E-state index contributed by atoms with van der Waals surface area (Å²) in [4.78, 5) is 0. The number of aryl methyl sites for hydroxylation is 1. The lowest BCUT2D eigenvalue weighted by atomic mass is 10.1. The Morgan fingerprint density at radius 3 is 3.08 bits per heavy atom. The standard InChI is InChI=1S/C11H14O/c1-3-10-7-9-5-4-8(2)6-11(9)12-10/h4-6,10H,3,7H2,1-2H3. The monoisotopic (exact) mass is 162 g/mol. The third-order valence-electron chi connectivity index (χ3n) is 2.42. The van der Waals surface area contributed by atoms with Gasteiger partial charge in [-0.25, -0.2) is 0 Å². The van der Waals surface area contributed by atoms with Gasteiger partial charge >= 0.3 is 0 Å². The molecule has 0 aromatic heterocycles. The summed E-state index contributed by atoms with van der Waals surface area (Å²) in [5.41, 5.74) is 2.65. The Labute approximate surface area is 73.4 Å². The van der Waals surface area contributed by atoms with Crippen LogP contribution in [0.15, 0.2) is 18.2 Å². The van der Waals surface area contributed by atoms with Gasteiger partial charge in [-0.2, -0.15) is 0 Å². The van der Waals surface area contributed by atoms with Crippen LogP contribution in [-0.2, 0) is 6.42 Å². The van der Waals surface area contributed by atoms with E-state index in [-0.39, 0.29) is 0 Å². The van der Waals surface area contributed by atoms with Crippen molar-refractivity contribution in [3.63, 3.8) is 0 Å². The van der Waals surface area contributed by atoms with Crippen molar-refractivity contribution in [1.82, 2.24) is 0 Å². The predicted octanol–water partition coefficient (Wildman–Crippen LogP) is 2.71. The van der Waals surface area contributed by atoms with E-state index in [1.54, 1.807) is 0 Å². The summed E-state index contributed by atoms with van der Waals surface area (Å²) >= 11 is 0. The Hall–Kier alpha value is -0.980. The number of fused-ring (bicyclic) bond motifs is 1.